The van der Waals surface area contributed by atoms with Crippen LogP contribution in [0.5, 0.6) is 0 Å². The van der Waals surface area contributed by atoms with E-state index in [0.717, 1.165) is 35.7 Å². The van der Waals surface area contributed by atoms with Crippen LogP contribution in [0, 0.1) is 22.7 Å². The standard InChI is InChI=1S/C17H22BrNO/c1-3-13-8-10-17(12-19,11-9-13)16(2,20)14-4-6-15(18)7-5-14/h4-7,13,20H,3,8-11H2,1-2H3. The Hall–Kier alpha value is -0.850. The topological polar surface area (TPSA) is 44.0 Å². The zero-order valence-electron chi connectivity index (χ0n) is 12.2. The number of aliphatic hydroxyl groups is 1. The predicted molar refractivity (Wildman–Crippen MR) is 84.0 cm³/mol. The maximum absolute atomic E-state index is 11.1. The molecule has 1 saturated carbocycles. The lowest BCUT2D eigenvalue weighted by Crippen LogP contribution is -2.45. The number of hydrogen-bond acceptors (Lipinski definition) is 2. The van der Waals surface area contributed by atoms with Gasteiger partial charge in [-0.05, 0) is 56.2 Å². The highest BCUT2D eigenvalue weighted by Crippen LogP contribution is 2.51. The van der Waals surface area contributed by atoms with Crippen LogP contribution in [0.15, 0.2) is 28.7 Å². The third-order valence-electron chi connectivity index (χ3n) is 5.09. The number of halogens is 1. The maximum Gasteiger partial charge on any atom is 0.105 e. The fourth-order valence-corrected chi connectivity index (χ4v) is 3.60. The van der Waals surface area contributed by atoms with E-state index in [-0.39, 0.29) is 0 Å². The lowest BCUT2D eigenvalue weighted by molar-refractivity contribution is -0.0698. The molecule has 1 fully saturated rings. The van der Waals surface area contributed by atoms with Crippen LogP contribution in [0.1, 0.15) is 51.5 Å². The fourth-order valence-electron chi connectivity index (χ4n) is 3.34. The summed E-state index contributed by atoms with van der Waals surface area (Å²) in [5.41, 5.74) is -0.926. The summed E-state index contributed by atoms with van der Waals surface area (Å²) in [6.07, 6.45) is 4.81. The Balaban J connectivity index is 2.31. The molecule has 0 aromatic heterocycles. The van der Waals surface area contributed by atoms with Gasteiger partial charge in [0.1, 0.15) is 5.60 Å². The normalized spacial score (nSPS) is 29.4. The molecule has 1 aliphatic carbocycles. The average Bonchev–Trinajstić information content (AvgIpc) is 2.47. The molecular weight excluding hydrogens is 314 g/mol. The molecule has 2 nitrogen and oxygen atoms in total. The van der Waals surface area contributed by atoms with E-state index < -0.39 is 11.0 Å². The van der Waals surface area contributed by atoms with Gasteiger partial charge in [-0.15, -0.1) is 0 Å². The third-order valence-corrected chi connectivity index (χ3v) is 5.62. The first kappa shape index (κ1) is 15.5. The Kier molecular flexibility index (Phi) is 4.56. The number of rotatable bonds is 3. The molecule has 1 aromatic rings. The van der Waals surface area contributed by atoms with E-state index in [1.807, 2.05) is 24.3 Å². The fraction of sp³-hybridized carbons (Fsp3) is 0.588. The van der Waals surface area contributed by atoms with Gasteiger partial charge in [0, 0.05) is 4.47 Å². The van der Waals surface area contributed by atoms with Gasteiger partial charge < -0.3 is 5.11 Å². The van der Waals surface area contributed by atoms with Gasteiger partial charge in [-0.25, -0.2) is 0 Å². The zero-order valence-corrected chi connectivity index (χ0v) is 13.8. The lowest BCUT2D eigenvalue weighted by Gasteiger charge is -2.45. The molecule has 1 aromatic carbocycles. The molecular formula is C17H22BrNO. The first-order valence-corrected chi connectivity index (χ1v) is 8.14. The zero-order chi connectivity index (χ0) is 14.8. The first-order valence-electron chi connectivity index (χ1n) is 7.35. The van der Waals surface area contributed by atoms with E-state index in [2.05, 4.69) is 28.9 Å². The largest absolute Gasteiger partial charge is 0.384 e. The van der Waals surface area contributed by atoms with E-state index in [0.29, 0.717) is 5.92 Å². The van der Waals surface area contributed by atoms with Crippen molar-refractivity contribution in [3.8, 4) is 6.07 Å². The van der Waals surface area contributed by atoms with Gasteiger partial charge in [0.25, 0.3) is 0 Å². The van der Waals surface area contributed by atoms with Crippen LogP contribution < -0.4 is 0 Å². The molecule has 1 atom stereocenters. The van der Waals surface area contributed by atoms with Crippen LogP contribution in [0.3, 0.4) is 0 Å². The number of nitrogens with zero attached hydrogens (tertiary/aromatic N) is 1. The van der Waals surface area contributed by atoms with Crippen molar-refractivity contribution >= 4 is 15.9 Å². The van der Waals surface area contributed by atoms with Gasteiger partial charge in [-0.2, -0.15) is 5.26 Å². The third kappa shape index (κ3) is 2.64. The van der Waals surface area contributed by atoms with Crippen LogP contribution >= 0.6 is 15.9 Å². The van der Waals surface area contributed by atoms with E-state index in [1.165, 1.54) is 6.42 Å². The van der Waals surface area contributed by atoms with Crippen molar-refractivity contribution in [2.24, 2.45) is 11.3 Å². The van der Waals surface area contributed by atoms with E-state index in [4.69, 9.17) is 0 Å². The molecule has 0 bridgehead atoms. The molecule has 20 heavy (non-hydrogen) atoms. The first-order chi connectivity index (χ1) is 9.45. The Labute approximate surface area is 129 Å². The predicted octanol–water partition coefficient (Wildman–Crippen LogP) is 4.77. The van der Waals surface area contributed by atoms with Gasteiger partial charge in [-0.1, -0.05) is 41.4 Å². The van der Waals surface area contributed by atoms with Gasteiger partial charge in [0.2, 0.25) is 0 Å². The van der Waals surface area contributed by atoms with Gasteiger partial charge >= 0.3 is 0 Å². The van der Waals surface area contributed by atoms with E-state index in [9.17, 15) is 10.4 Å². The highest BCUT2D eigenvalue weighted by Gasteiger charge is 2.50. The van der Waals surface area contributed by atoms with Crippen molar-refractivity contribution in [3.05, 3.63) is 34.3 Å². The Morgan fingerprint density at radius 2 is 1.90 bits per heavy atom. The highest BCUT2D eigenvalue weighted by atomic mass is 79.9. The Bertz CT molecular complexity index is 493. The van der Waals surface area contributed by atoms with Gasteiger partial charge in [0.15, 0.2) is 0 Å². The molecule has 0 radical (unpaired) electrons. The molecule has 0 aliphatic heterocycles. The molecule has 0 heterocycles. The highest BCUT2D eigenvalue weighted by molar-refractivity contribution is 9.10. The van der Waals surface area contributed by atoms with Crippen molar-refractivity contribution in [3.63, 3.8) is 0 Å². The van der Waals surface area contributed by atoms with Crippen molar-refractivity contribution in [1.29, 1.82) is 5.26 Å². The van der Waals surface area contributed by atoms with Crippen LogP contribution in [-0.2, 0) is 5.60 Å². The van der Waals surface area contributed by atoms with Gasteiger partial charge in [-0.3, -0.25) is 0 Å². The molecule has 0 saturated heterocycles. The second-order valence-electron chi connectivity index (χ2n) is 6.12. The number of nitriles is 1. The SMILES string of the molecule is CCC1CCC(C#N)(C(C)(O)c2ccc(Br)cc2)CC1. The molecule has 3 heteroatoms. The molecule has 1 N–H and O–H groups in total. The van der Waals surface area contributed by atoms with Crippen molar-refractivity contribution in [1.82, 2.24) is 0 Å². The average molecular weight is 336 g/mol. The number of benzene rings is 1. The summed E-state index contributed by atoms with van der Waals surface area (Å²) >= 11 is 3.41. The summed E-state index contributed by atoms with van der Waals surface area (Å²) < 4.78 is 0.984. The van der Waals surface area contributed by atoms with Crippen LogP contribution in [0.2, 0.25) is 0 Å². The Morgan fingerprint density at radius 1 is 1.35 bits per heavy atom. The summed E-state index contributed by atoms with van der Waals surface area (Å²) in [7, 11) is 0. The summed E-state index contributed by atoms with van der Waals surface area (Å²) in [5.74, 6) is 0.706. The molecule has 2 rings (SSSR count). The Morgan fingerprint density at radius 3 is 2.35 bits per heavy atom. The van der Waals surface area contributed by atoms with Crippen molar-refractivity contribution in [2.75, 3.05) is 0 Å². The van der Waals surface area contributed by atoms with E-state index in [1.54, 1.807) is 6.92 Å². The summed E-state index contributed by atoms with van der Waals surface area (Å²) in [4.78, 5) is 0. The maximum atomic E-state index is 11.1. The molecule has 1 aliphatic rings. The molecule has 1 unspecified atom stereocenters. The number of hydrogen-bond donors (Lipinski definition) is 1. The minimum atomic E-state index is -1.10. The quantitative estimate of drug-likeness (QED) is 0.864. The van der Waals surface area contributed by atoms with E-state index >= 15 is 0 Å². The van der Waals surface area contributed by atoms with Crippen molar-refractivity contribution in [2.45, 2.75) is 51.6 Å². The van der Waals surface area contributed by atoms with Crippen LogP contribution in [0.4, 0.5) is 0 Å². The van der Waals surface area contributed by atoms with Gasteiger partial charge in [0.05, 0.1) is 11.5 Å². The minimum absolute atomic E-state index is 0.660. The van der Waals surface area contributed by atoms with Crippen LogP contribution in [0.25, 0.3) is 0 Å². The monoisotopic (exact) mass is 335 g/mol. The lowest BCUT2D eigenvalue weighted by atomic mass is 9.60. The summed E-state index contributed by atoms with van der Waals surface area (Å²) in [6.45, 7) is 4.00. The molecule has 108 valence electrons. The minimum Gasteiger partial charge on any atom is -0.384 e. The molecule has 0 amide bonds. The summed E-state index contributed by atoms with van der Waals surface area (Å²) in [6, 6.07) is 10.1. The second-order valence-corrected chi connectivity index (χ2v) is 7.04. The van der Waals surface area contributed by atoms with Crippen molar-refractivity contribution < 1.29 is 5.11 Å². The second kappa shape index (κ2) is 5.87. The summed E-state index contributed by atoms with van der Waals surface area (Å²) in [5, 5.41) is 20.8. The van der Waals surface area contributed by atoms with Crippen LogP contribution in [-0.4, -0.2) is 5.11 Å². The smallest absolute Gasteiger partial charge is 0.105 e. The molecule has 0 spiro atoms.